The van der Waals surface area contributed by atoms with Crippen molar-refractivity contribution in [3.05, 3.63) is 47.5 Å². The van der Waals surface area contributed by atoms with Gasteiger partial charge in [-0.05, 0) is 55.0 Å². The number of benzene rings is 2. The van der Waals surface area contributed by atoms with Crippen LogP contribution in [0.4, 0.5) is 0 Å². The number of ether oxygens (including phenoxy) is 4. The Balaban J connectivity index is 0.00000177. The number of hydroxylamine groups is 1. The molecule has 10 heteroatoms. The average Bonchev–Trinajstić information content (AvgIpc) is 2.93. The molecule has 0 aliphatic heterocycles. The Bertz CT molecular complexity index is 1040. The zero-order chi connectivity index (χ0) is 29.4. The van der Waals surface area contributed by atoms with Crippen LogP contribution in [0.15, 0.2) is 36.4 Å². The molecule has 0 saturated carbocycles. The number of aryl methyl sites for hydroxylation is 1. The summed E-state index contributed by atoms with van der Waals surface area (Å²) < 4.78 is 21.3. The van der Waals surface area contributed by atoms with Crippen molar-refractivity contribution in [1.29, 1.82) is 0 Å². The first kappa shape index (κ1) is 33.2. The molecule has 0 fully saturated rings. The van der Waals surface area contributed by atoms with E-state index in [1.807, 2.05) is 12.1 Å². The Kier molecular flexibility index (Phi) is 15.1. The second-order valence-corrected chi connectivity index (χ2v) is 9.44. The lowest BCUT2D eigenvalue weighted by atomic mass is 9.95. The molecular weight excluding hydrogens is 504 g/mol. The summed E-state index contributed by atoms with van der Waals surface area (Å²) in [5, 5.41) is 11.5. The van der Waals surface area contributed by atoms with E-state index in [9.17, 15) is 14.4 Å². The summed E-state index contributed by atoms with van der Waals surface area (Å²) in [4.78, 5) is 37.1. The van der Waals surface area contributed by atoms with Crippen molar-refractivity contribution in [3.8, 4) is 23.0 Å². The SMILES string of the molecule is CC(C)C.COc1ccccc1C(=O)CNC(=O)C(CCCc1cc(OC)c(OC)c(OC)c1)CC(=O)NO. The van der Waals surface area contributed by atoms with Crippen LogP contribution < -0.4 is 29.7 Å². The lowest BCUT2D eigenvalue weighted by molar-refractivity contribution is -0.134. The molecule has 216 valence electrons. The number of rotatable bonds is 14. The maximum Gasteiger partial charge on any atom is 0.244 e. The van der Waals surface area contributed by atoms with Gasteiger partial charge in [0.1, 0.15) is 5.75 Å². The lowest BCUT2D eigenvalue weighted by Gasteiger charge is -2.17. The quantitative estimate of drug-likeness (QED) is 0.182. The number of carbonyl (C=O) groups is 3. The number of amides is 2. The van der Waals surface area contributed by atoms with E-state index in [1.165, 1.54) is 28.4 Å². The first-order valence-electron chi connectivity index (χ1n) is 12.8. The minimum Gasteiger partial charge on any atom is -0.496 e. The summed E-state index contributed by atoms with van der Waals surface area (Å²) in [6.07, 6.45) is 1.25. The van der Waals surface area contributed by atoms with Crippen molar-refractivity contribution in [2.45, 2.75) is 46.5 Å². The van der Waals surface area contributed by atoms with Gasteiger partial charge in [-0.2, -0.15) is 0 Å². The van der Waals surface area contributed by atoms with E-state index >= 15 is 0 Å². The molecule has 0 aliphatic rings. The molecule has 0 bridgehead atoms. The monoisotopic (exact) mass is 546 g/mol. The molecule has 1 unspecified atom stereocenters. The third kappa shape index (κ3) is 11.2. The smallest absolute Gasteiger partial charge is 0.244 e. The number of Topliss-reactive ketones (excluding diaryl/α,β-unsaturated/α-hetero) is 1. The summed E-state index contributed by atoms with van der Waals surface area (Å²) in [5.74, 6) is 0.559. The van der Waals surface area contributed by atoms with Gasteiger partial charge in [-0.1, -0.05) is 32.9 Å². The Morgan fingerprint density at radius 2 is 1.44 bits per heavy atom. The summed E-state index contributed by atoms with van der Waals surface area (Å²) in [7, 11) is 6.04. The highest BCUT2D eigenvalue weighted by Crippen LogP contribution is 2.38. The summed E-state index contributed by atoms with van der Waals surface area (Å²) in [6.45, 7) is 6.25. The Labute approximate surface area is 230 Å². The van der Waals surface area contributed by atoms with Crippen LogP contribution in [0.2, 0.25) is 0 Å². The maximum atomic E-state index is 12.8. The molecule has 0 spiro atoms. The molecule has 2 aromatic rings. The lowest BCUT2D eigenvalue weighted by Crippen LogP contribution is -2.37. The van der Waals surface area contributed by atoms with Crippen LogP contribution in [0, 0.1) is 11.8 Å². The van der Waals surface area contributed by atoms with Crippen LogP contribution in [0.25, 0.3) is 0 Å². The van der Waals surface area contributed by atoms with Gasteiger partial charge in [-0.15, -0.1) is 0 Å². The highest BCUT2D eigenvalue weighted by molar-refractivity contribution is 6.01. The van der Waals surface area contributed by atoms with Crippen molar-refractivity contribution in [2.75, 3.05) is 35.0 Å². The molecule has 39 heavy (non-hydrogen) atoms. The van der Waals surface area contributed by atoms with Crippen molar-refractivity contribution in [3.63, 3.8) is 0 Å². The average molecular weight is 547 g/mol. The number of hydrogen-bond donors (Lipinski definition) is 3. The van der Waals surface area contributed by atoms with E-state index in [0.29, 0.717) is 47.8 Å². The largest absolute Gasteiger partial charge is 0.496 e. The van der Waals surface area contributed by atoms with E-state index in [0.717, 1.165) is 11.5 Å². The van der Waals surface area contributed by atoms with Crippen LogP contribution in [0.5, 0.6) is 23.0 Å². The third-order valence-electron chi connectivity index (χ3n) is 5.50. The predicted molar refractivity (Wildman–Crippen MR) is 148 cm³/mol. The molecule has 2 rings (SSSR count). The Hall–Kier alpha value is -3.79. The van der Waals surface area contributed by atoms with Crippen molar-refractivity contribution < 1.29 is 38.5 Å². The first-order valence-corrected chi connectivity index (χ1v) is 12.8. The maximum absolute atomic E-state index is 12.8. The summed E-state index contributed by atoms with van der Waals surface area (Å²) >= 11 is 0. The number of hydrogen-bond acceptors (Lipinski definition) is 8. The van der Waals surface area contributed by atoms with Crippen molar-refractivity contribution >= 4 is 17.6 Å². The van der Waals surface area contributed by atoms with Gasteiger partial charge in [0.05, 0.1) is 40.5 Å². The first-order chi connectivity index (χ1) is 18.6. The number of para-hydroxylation sites is 1. The highest BCUT2D eigenvalue weighted by atomic mass is 16.5. The molecule has 2 aromatic carbocycles. The fourth-order valence-electron chi connectivity index (χ4n) is 3.71. The van der Waals surface area contributed by atoms with Gasteiger partial charge < -0.3 is 24.3 Å². The molecule has 1 atom stereocenters. The Morgan fingerprint density at radius 1 is 0.872 bits per heavy atom. The molecule has 0 radical (unpaired) electrons. The summed E-state index contributed by atoms with van der Waals surface area (Å²) in [5.41, 5.74) is 2.81. The molecular formula is C29H42N2O8. The van der Waals surface area contributed by atoms with Gasteiger partial charge in [0.25, 0.3) is 0 Å². The molecule has 0 heterocycles. The second-order valence-electron chi connectivity index (χ2n) is 9.44. The highest BCUT2D eigenvalue weighted by Gasteiger charge is 2.23. The molecule has 2 amide bonds. The molecule has 0 aliphatic carbocycles. The standard InChI is InChI=1S/C25H32N2O8.C4H10/c1-32-20-11-6-5-10-18(20)19(28)15-26-25(30)17(14-23(29)27-31)9-7-8-16-12-21(33-2)24(35-4)22(13-16)34-3;1-4(2)3/h5-6,10-13,17,31H,7-9,14-15H2,1-4H3,(H,26,30)(H,27,29);4H,1-3H3. The van der Waals surface area contributed by atoms with Crippen LogP contribution >= 0.6 is 0 Å². The Morgan fingerprint density at radius 3 is 1.95 bits per heavy atom. The molecule has 0 saturated heterocycles. The van der Waals surface area contributed by atoms with E-state index in [2.05, 4.69) is 26.1 Å². The third-order valence-corrected chi connectivity index (χ3v) is 5.50. The molecule has 3 N–H and O–H groups in total. The normalized spacial score (nSPS) is 11.0. The van der Waals surface area contributed by atoms with E-state index < -0.39 is 17.7 Å². The number of carbonyl (C=O) groups excluding carboxylic acids is 3. The van der Waals surface area contributed by atoms with E-state index in [-0.39, 0.29) is 18.7 Å². The van der Waals surface area contributed by atoms with Crippen molar-refractivity contribution in [2.24, 2.45) is 11.8 Å². The van der Waals surface area contributed by atoms with Crippen LogP contribution in [-0.4, -0.2) is 57.8 Å². The summed E-state index contributed by atoms with van der Waals surface area (Å²) in [6, 6.07) is 10.4. The zero-order valence-electron chi connectivity index (χ0n) is 24.0. The predicted octanol–water partition coefficient (Wildman–Crippen LogP) is 4.22. The van der Waals surface area contributed by atoms with Crippen LogP contribution in [0.3, 0.4) is 0 Å². The zero-order valence-corrected chi connectivity index (χ0v) is 24.0. The van der Waals surface area contributed by atoms with Gasteiger partial charge in [0.2, 0.25) is 17.6 Å². The minimum atomic E-state index is -0.741. The number of nitrogens with one attached hydrogen (secondary N) is 2. The molecule has 10 nitrogen and oxygen atoms in total. The van der Waals surface area contributed by atoms with Gasteiger partial charge >= 0.3 is 0 Å². The van der Waals surface area contributed by atoms with Crippen molar-refractivity contribution in [1.82, 2.24) is 10.8 Å². The van der Waals surface area contributed by atoms with Crippen LogP contribution in [-0.2, 0) is 16.0 Å². The van der Waals surface area contributed by atoms with Gasteiger partial charge in [0.15, 0.2) is 17.3 Å². The van der Waals surface area contributed by atoms with E-state index in [1.54, 1.807) is 29.7 Å². The van der Waals surface area contributed by atoms with E-state index in [4.69, 9.17) is 24.2 Å². The molecule has 0 aromatic heterocycles. The number of methoxy groups -OCH3 is 4. The van der Waals surface area contributed by atoms with Gasteiger partial charge in [-0.25, -0.2) is 5.48 Å². The second kappa shape index (κ2) is 17.7. The minimum absolute atomic E-state index is 0.222. The van der Waals surface area contributed by atoms with Gasteiger partial charge in [0, 0.05) is 12.3 Å². The van der Waals surface area contributed by atoms with Gasteiger partial charge in [-0.3, -0.25) is 19.6 Å². The number of ketones is 1. The topological polar surface area (TPSA) is 132 Å². The fraction of sp³-hybridized carbons (Fsp3) is 0.483. The fourth-order valence-corrected chi connectivity index (χ4v) is 3.71. The van der Waals surface area contributed by atoms with Crippen LogP contribution in [0.1, 0.15) is 56.0 Å².